The minimum Gasteiger partial charge on any atom is -0.496 e. The number of ketones is 1. The number of aryl methyl sites for hydroxylation is 1. The number of para-hydroxylation sites is 1. The van der Waals surface area contributed by atoms with Gasteiger partial charge in [-0.3, -0.25) is 9.59 Å². The lowest BCUT2D eigenvalue weighted by Crippen LogP contribution is -2.18. The monoisotopic (exact) mass is 387 g/mol. The van der Waals surface area contributed by atoms with Crippen LogP contribution in [0, 0.1) is 19.8 Å². The van der Waals surface area contributed by atoms with E-state index in [0.29, 0.717) is 21.9 Å². The fourth-order valence-corrected chi connectivity index (χ4v) is 3.73. The van der Waals surface area contributed by atoms with Crippen LogP contribution >= 0.6 is 11.3 Å². The minimum absolute atomic E-state index is 0.0312. The molecule has 0 aliphatic heterocycles. The van der Waals surface area contributed by atoms with E-state index in [0.717, 1.165) is 23.3 Å². The molecule has 1 saturated carbocycles. The summed E-state index contributed by atoms with van der Waals surface area (Å²) in [5, 5.41) is 3.31. The summed E-state index contributed by atoms with van der Waals surface area (Å²) in [5.74, 6) is -0.585. The van der Waals surface area contributed by atoms with Crippen molar-refractivity contribution in [1.29, 1.82) is 0 Å². The van der Waals surface area contributed by atoms with Crippen LogP contribution in [0.15, 0.2) is 24.3 Å². The molecule has 7 heteroatoms. The molecule has 0 unspecified atom stereocenters. The molecule has 0 atom stereocenters. The van der Waals surface area contributed by atoms with Gasteiger partial charge in [-0.1, -0.05) is 12.1 Å². The van der Waals surface area contributed by atoms with E-state index in [9.17, 15) is 14.4 Å². The highest BCUT2D eigenvalue weighted by atomic mass is 32.1. The first-order chi connectivity index (χ1) is 12.9. The van der Waals surface area contributed by atoms with Gasteiger partial charge < -0.3 is 14.8 Å². The van der Waals surface area contributed by atoms with Crippen molar-refractivity contribution in [2.75, 3.05) is 19.0 Å². The summed E-state index contributed by atoms with van der Waals surface area (Å²) in [4.78, 5) is 38.0. The maximum atomic E-state index is 12.6. The smallest absolute Gasteiger partial charge is 0.341 e. The van der Waals surface area contributed by atoms with Crippen LogP contribution < -0.4 is 10.1 Å². The summed E-state index contributed by atoms with van der Waals surface area (Å²) in [7, 11) is 1.48. The van der Waals surface area contributed by atoms with E-state index in [1.54, 1.807) is 31.2 Å². The molecule has 1 aliphatic carbocycles. The Morgan fingerprint density at radius 3 is 2.56 bits per heavy atom. The molecule has 1 N–H and O–H groups in total. The van der Waals surface area contributed by atoms with Crippen LogP contribution in [0.5, 0.6) is 5.75 Å². The number of carbonyl (C=O) groups is 3. The van der Waals surface area contributed by atoms with Gasteiger partial charge in [0.05, 0.1) is 18.2 Å². The number of nitrogens with one attached hydrogen (secondary N) is 1. The summed E-state index contributed by atoms with van der Waals surface area (Å²) >= 11 is 1.34. The zero-order valence-electron chi connectivity index (χ0n) is 15.5. The summed E-state index contributed by atoms with van der Waals surface area (Å²) in [5.41, 5.74) is 1.42. The quantitative estimate of drug-likeness (QED) is 0.578. The number of rotatable bonds is 7. The second-order valence-corrected chi connectivity index (χ2v) is 7.68. The highest BCUT2D eigenvalue weighted by molar-refractivity contribution is 7.16. The molecular formula is C20H21NO5S. The van der Waals surface area contributed by atoms with Gasteiger partial charge in [0.15, 0.2) is 6.61 Å². The molecule has 1 aromatic heterocycles. The number of Topliss-reactive ketones (excluding diaryl/α,β-unsaturated/α-hetero) is 1. The molecule has 1 heterocycles. The maximum absolute atomic E-state index is 12.6. The van der Waals surface area contributed by atoms with Crippen molar-refractivity contribution >= 4 is 34.0 Å². The first-order valence-corrected chi connectivity index (χ1v) is 9.48. The zero-order valence-corrected chi connectivity index (χ0v) is 16.3. The van der Waals surface area contributed by atoms with Crippen molar-refractivity contribution in [2.24, 2.45) is 5.92 Å². The van der Waals surface area contributed by atoms with Crippen molar-refractivity contribution in [3.63, 3.8) is 0 Å². The number of carbonyl (C=O) groups excluding carboxylic acids is 3. The number of hydrogen-bond donors (Lipinski definition) is 1. The molecule has 2 aromatic rings. The molecule has 1 aromatic carbocycles. The Morgan fingerprint density at radius 2 is 1.89 bits per heavy atom. The van der Waals surface area contributed by atoms with Crippen LogP contribution in [-0.4, -0.2) is 31.4 Å². The van der Waals surface area contributed by atoms with E-state index in [2.05, 4.69) is 5.32 Å². The average Bonchev–Trinajstić information content (AvgIpc) is 3.47. The standard InChI is InChI=1S/C20H21NO5S/c1-11-12(2)27-19(21-18(23)13-8-9-13)17(11)20(24)26-10-15(22)14-6-4-5-7-16(14)25-3/h4-7,13H,8-10H2,1-3H3,(H,21,23). The number of esters is 1. The molecule has 1 aliphatic rings. The number of anilines is 1. The van der Waals surface area contributed by atoms with Crippen molar-refractivity contribution in [3.8, 4) is 5.75 Å². The fraction of sp³-hybridized carbons (Fsp3) is 0.350. The molecule has 6 nitrogen and oxygen atoms in total. The molecular weight excluding hydrogens is 366 g/mol. The second-order valence-electron chi connectivity index (χ2n) is 6.45. The number of benzene rings is 1. The Bertz CT molecular complexity index is 898. The molecule has 142 valence electrons. The van der Waals surface area contributed by atoms with E-state index in [-0.39, 0.29) is 17.6 Å². The van der Waals surface area contributed by atoms with E-state index in [1.807, 2.05) is 6.92 Å². The summed E-state index contributed by atoms with van der Waals surface area (Å²) in [6.45, 7) is 3.28. The van der Waals surface area contributed by atoms with E-state index >= 15 is 0 Å². The number of amides is 1. The molecule has 1 amide bonds. The Balaban J connectivity index is 1.72. The average molecular weight is 387 g/mol. The van der Waals surface area contributed by atoms with Gasteiger partial charge in [-0.2, -0.15) is 0 Å². The summed E-state index contributed by atoms with van der Waals surface area (Å²) in [6, 6.07) is 6.77. The van der Waals surface area contributed by atoms with E-state index < -0.39 is 12.6 Å². The van der Waals surface area contributed by atoms with Gasteiger partial charge in [-0.05, 0) is 44.4 Å². The Kier molecular flexibility index (Phi) is 5.60. The zero-order chi connectivity index (χ0) is 19.6. The van der Waals surface area contributed by atoms with E-state index in [1.165, 1.54) is 18.4 Å². The lowest BCUT2D eigenvalue weighted by molar-refractivity contribution is -0.117. The normalized spacial score (nSPS) is 13.1. The van der Waals surface area contributed by atoms with Gasteiger partial charge >= 0.3 is 5.97 Å². The highest BCUT2D eigenvalue weighted by Gasteiger charge is 2.32. The summed E-state index contributed by atoms with van der Waals surface area (Å²) in [6.07, 6.45) is 1.75. The third kappa shape index (κ3) is 4.19. The number of hydrogen-bond acceptors (Lipinski definition) is 6. The maximum Gasteiger partial charge on any atom is 0.341 e. The van der Waals surface area contributed by atoms with Crippen molar-refractivity contribution in [3.05, 3.63) is 45.8 Å². The third-order valence-electron chi connectivity index (χ3n) is 4.52. The molecule has 3 rings (SSSR count). The summed E-state index contributed by atoms with van der Waals surface area (Å²) < 4.78 is 10.4. The predicted molar refractivity (Wildman–Crippen MR) is 103 cm³/mol. The van der Waals surface area contributed by atoms with Gasteiger partial charge in [0, 0.05) is 10.8 Å². The van der Waals surface area contributed by atoms with Gasteiger partial charge in [0.25, 0.3) is 0 Å². The molecule has 0 bridgehead atoms. The van der Waals surface area contributed by atoms with Crippen LogP contribution in [0.2, 0.25) is 0 Å². The molecule has 0 saturated heterocycles. The highest BCUT2D eigenvalue weighted by Crippen LogP contribution is 2.36. The van der Waals surface area contributed by atoms with Crippen LogP contribution in [0.3, 0.4) is 0 Å². The van der Waals surface area contributed by atoms with Gasteiger partial charge in [0.2, 0.25) is 11.7 Å². The SMILES string of the molecule is COc1ccccc1C(=O)COC(=O)c1c(NC(=O)C2CC2)sc(C)c1C. The second kappa shape index (κ2) is 7.92. The molecule has 0 spiro atoms. The van der Waals surface area contributed by atoms with Crippen molar-refractivity contribution < 1.29 is 23.9 Å². The van der Waals surface area contributed by atoms with Crippen LogP contribution in [-0.2, 0) is 9.53 Å². The molecule has 1 fully saturated rings. The lowest BCUT2D eigenvalue weighted by Gasteiger charge is -2.09. The number of ether oxygens (including phenoxy) is 2. The third-order valence-corrected chi connectivity index (χ3v) is 5.64. The van der Waals surface area contributed by atoms with Crippen LogP contribution in [0.25, 0.3) is 0 Å². The first kappa shape index (κ1) is 19.1. The van der Waals surface area contributed by atoms with Crippen molar-refractivity contribution in [1.82, 2.24) is 0 Å². The van der Waals surface area contributed by atoms with E-state index in [4.69, 9.17) is 9.47 Å². The lowest BCUT2D eigenvalue weighted by atomic mass is 10.1. The first-order valence-electron chi connectivity index (χ1n) is 8.66. The Labute approximate surface area is 161 Å². The Morgan fingerprint density at radius 1 is 1.19 bits per heavy atom. The van der Waals surface area contributed by atoms with Gasteiger partial charge in [-0.25, -0.2) is 4.79 Å². The van der Waals surface area contributed by atoms with Crippen LogP contribution in [0.4, 0.5) is 5.00 Å². The van der Waals surface area contributed by atoms with Gasteiger partial charge in [-0.15, -0.1) is 11.3 Å². The Hall–Kier alpha value is -2.67. The predicted octanol–water partition coefficient (Wildman–Crippen LogP) is 3.76. The molecule has 27 heavy (non-hydrogen) atoms. The molecule has 0 radical (unpaired) electrons. The van der Waals surface area contributed by atoms with Crippen molar-refractivity contribution in [2.45, 2.75) is 26.7 Å². The topological polar surface area (TPSA) is 81.7 Å². The number of methoxy groups -OCH3 is 1. The van der Waals surface area contributed by atoms with Crippen LogP contribution in [0.1, 0.15) is 44.0 Å². The largest absolute Gasteiger partial charge is 0.496 e. The number of thiophene rings is 1. The fourth-order valence-electron chi connectivity index (χ4n) is 2.68. The minimum atomic E-state index is -0.619. The van der Waals surface area contributed by atoms with Gasteiger partial charge in [0.1, 0.15) is 10.8 Å².